The van der Waals surface area contributed by atoms with Crippen LogP contribution in [-0.4, -0.2) is 47.9 Å². The summed E-state index contributed by atoms with van der Waals surface area (Å²) in [5, 5.41) is 3.76. The van der Waals surface area contributed by atoms with Crippen LogP contribution in [0.4, 0.5) is 0 Å². The van der Waals surface area contributed by atoms with Crippen molar-refractivity contribution in [2.45, 2.75) is 25.3 Å². The number of amides is 2. The highest BCUT2D eigenvalue weighted by atomic mass is 16.5. The second-order valence-corrected chi connectivity index (χ2v) is 8.14. The molecule has 2 aromatic carbocycles. The molecule has 0 aliphatic carbocycles. The third-order valence-corrected chi connectivity index (χ3v) is 6.24. The van der Waals surface area contributed by atoms with Gasteiger partial charge in [0.15, 0.2) is 0 Å². The average Bonchev–Trinajstić information content (AvgIpc) is 3.30. The van der Waals surface area contributed by atoms with Crippen molar-refractivity contribution in [2.24, 2.45) is 0 Å². The summed E-state index contributed by atoms with van der Waals surface area (Å²) in [5.41, 5.74) is 4.06. The number of hydrogen-bond acceptors (Lipinski definition) is 4. The van der Waals surface area contributed by atoms with Crippen LogP contribution in [0.25, 0.3) is 10.9 Å². The van der Waals surface area contributed by atoms with E-state index in [4.69, 9.17) is 4.74 Å². The molecule has 170 valence electrons. The smallest absolute Gasteiger partial charge is 0.337 e. The topological polar surface area (TPSA) is 91.5 Å². The number of aromatic amines is 1. The van der Waals surface area contributed by atoms with Gasteiger partial charge in [-0.1, -0.05) is 24.8 Å². The quantitative estimate of drug-likeness (QED) is 0.446. The van der Waals surface area contributed by atoms with Crippen LogP contribution in [0, 0.1) is 0 Å². The zero-order valence-electron chi connectivity index (χ0n) is 18.6. The van der Waals surface area contributed by atoms with Crippen molar-refractivity contribution in [2.75, 3.05) is 20.2 Å². The van der Waals surface area contributed by atoms with Gasteiger partial charge in [0.25, 0.3) is 5.91 Å². The van der Waals surface area contributed by atoms with E-state index in [1.807, 2.05) is 41.4 Å². The van der Waals surface area contributed by atoms with Gasteiger partial charge in [0.1, 0.15) is 0 Å². The Hall–Kier alpha value is -3.87. The number of fused-ring (bicyclic) bond motifs is 1. The summed E-state index contributed by atoms with van der Waals surface area (Å²) >= 11 is 0. The fraction of sp³-hybridized carbons (Fsp3) is 0.269. The SMILES string of the molecule is C=CC(=O)NCc1ccccc1C(=O)N1CCC(c2c[nH]c3ccc(C(=O)OC)cc23)CC1. The molecule has 33 heavy (non-hydrogen) atoms. The number of esters is 1. The van der Waals surface area contributed by atoms with Crippen molar-refractivity contribution >= 4 is 28.7 Å². The number of rotatable bonds is 6. The van der Waals surface area contributed by atoms with Crippen LogP contribution in [0.1, 0.15) is 50.6 Å². The lowest BCUT2D eigenvalue weighted by Crippen LogP contribution is -2.38. The van der Waals surface area contributed by atoms with E-state index in [1.165, 1.54) is 13.2 Å². The lowest BCUT2D eigenvalue weighted by molar-refractivity contribution is -0.116. The van der Waals surface area contributed by atoms with Gasteiger partial charge in [-0.15, -0.1) is 0 Å². The molecule has 1 saturated heterocycles. The Morgan fingerprint density at radius 2 is 1.94 bits per heavy atom. The standard InChI is InChI=1S/C26H27N3O4/c1-3-24(30)28-15-19-6-4-5-7-20(19)25(31)29-12-10-17(11-13-29)22-16-27-23-9-8-18(14-21(22)23)26(32)33-2/h3-9,14,16-17,27H,1,10-13,15H2,2H3,(H,28,30). The van der Waals surface area contributed by atoms with E-state index in [1.54, 1.807) is 12.1 Å². The van der Waals surface area contributed by atoms with E-state index in [0.29, 0.717) is 24.2 Å². The molecule has 0 spiro atoms. The molecule has 1 aromatic heterocycles. The molecule has 3 aromatic rings. The molecule has 2 heterocycles. The monoisotopic (exact) mass is 445 g/mol. The molecule has 2 amide bonds. The molecule has 0 radical (unpaired) electrons. The average molecular weight is 446 g/mol. The third kappa shape index (κ3) is 4.67. The Kier molecular flexibility index (Phi) is 6.58. The van der Waals surface area contributed by atoms with Crippen molar-refractivity contribution in [3.05, 3.63) is 83.6 Å². The second kappa shape index (κ2) is 9.73. The number of carbonyl (C=O) groups is 3. The highest BCUT2D eigenvalue weighted by Gasteiger charge is 2.27. The molecule has 1 aliphatic heterocycles. The lowest BCUT2D eigenvalue weighted by atomic mass is 9.88. The maximum Gasteiger partial charge on any atom is 0.337 e. The van der Waals surface area contributed by atoms with E-state index in [2.05, 4.69) is 16.9 Å². The minimum Gasteiger partial charge on any atom is -0.465 e. The number of hydrogen-bond donors (Lipinski definition) is 2. The minimum absolute atomic E-state index is 0.0243. The molecule has 0 unspecified atom stereocenters. The van der Waals surface area contributed by atoms with Gasteiger partial charge in [-0.2, -0.15) is 0 Å². The normalized spacial score (nSPS) is 14.2. The molecular formula is C26H27N3O4. The highest BCUT2D eigenvalue weighted by Crippen LogP contribution is 2.34. The van der Waals surface area contributed by atoms with Gasteiger partial charge >= 0.3 is 5.97 Å². The minimum atomic E-state index is -0.354. The fourth-order valence-electron chi connectivity index (χ4n) is 4.43. The Balaban J connectivity index is 1.47. The number of carbonyl (C=O) groups excluding carboxylic acids is 3. The van der Waals surface area contributed by atoms with Gasteiger partial charge in [-0.3, -0.25) is 9.59 Å². The third-order valence-electron chi connectivity index (χ3n) is 6.24. The summed E-state index contributed by atoms with van der Waals surface area (Å²) in [4.78, 5) is 41.9. The predicted octanol–water partition coefficient (Wildman–Crippen LogP) is 3.78. The van der Waals surface area contributed by atoms with Crippen molar-refractivity contribution in [3.8, 4) is 0 Å². The number of piperidine rings is 1. The molecule has 0 saturated carbocycles. The van der Waals surface area contributed by atoms with E-state index < -0.39 is 0 Å². The number of methoxy groups -OCH3 is 1. The fourth-order valence-corrected chi connectivity index (χ4v) is 4.43. The van der Waals surface area contributed by atoms with Crippen LogP contribution in [-0.2, 0) is 16.1 Å². The van der Waals surface area contributed by atoms with Crippen LogP contribution in [0.5, 0.6) is 0 Å². The maximum absolute atomic E-state index is 13.2. The van der Waals surface area contributed by atoms with Crippen molar-refractivity contribution in [3.63, 3.8) is 0 Å². The first kappa shape index (κ1) is 22.3. The first-order chi connectivity index (χ1) is 16.0. The molecule has 1 aliphatic rings. The van der Waals surface area contributed by atoms with Gasteiger partial charge < -0.3 is 19.9 Å². The number of aromatic nitrogens is 1. The Labute approximate surface area is 192 Å². The van der Waals surface area contributed by atoms with Crippen LogP contribution >= 0.6 is 0 Å². The Morgan fingerprint density at radius 3 is 2.67 bits per heavy atom. The summed E-state index contributed by atoms with van der Waals surface area (Å²) in [6.45, 7) is 5.01. The predicted molar refractivity (Wildman–Crippen MR) is 126 cm³/mol. The number of nitrogens with zero attached hydrogens (tertiary/aromatic N) is 1. The van der Waals surface area contributed by atoms with Gasteiger partial charge in [0.05, 0.1) is 12.7 Å². The Bertz CT molecular complexity index is 1210. The summed E-state index contributed by atoms with van der Waals surface area (Å²) in [6.07, 6.45) is 4.88. The summed E-state index contributed by atoms with van der Waals surface area (Å²) in [6, 6.07) is 12.9. The number of H-pyrrole nitrogens is 1. The number of likely N-dealkylation sites (tertiary alicyclic amines) is 1. The molecule has 0 bridgehead atoms. The lowest BCUT2D eigenvalue weighted by Gasteiger charge is -2.32. The first-order valence-corrected chi connectivity index (χ1v) is 11.0. The molecule has 1 fully saturated rings. The molecule has 0 atom stereocenters. The summed E-state index contributed by atoms with van der Waals surface area (Å²) in [7, 11) is 1.38. The van der Waals surface area contributed by atoms with Crippen LogP contribution < -0.4 is 5.32 Å². The zero-order chi connectivity index (χ0) is 23.4. The van der Waals surface area contributed by atoms with Crippen LogP contribution in [0.15, 0.2) is 61.3 Å². The largest absolute Gasteiger partial charge is 0.465 e. The Morgan fingerprint density at radius 1 is 1.18 bits per heavy atom. The molecule has 2 N–H and O–H groups in total. The summed E-state index contributed by atoms with van der Waals surface area (Å²) in [5.74, 6) is -0.360. The molecule has 4 rings (SSSR count). The summed E-state index contributed by atoms with van der Waals surface area (Å²) < 4.78 is 4.85. The van der Waals surface area contributed by atoms with Crippen molar-refractivity contribution in [1.29, 1.82) is 0 Å². The zero-order valence-corrected chi connectivity index (χ0v) is 18.6. The van der Waals surface area contributed by atoms with Gasteiger partial charge in [0.2, 0.25) is 5.91 Å². The molecular weight excluding hydrogens is 418 g/mol. The van der Waals surface area contributed by atoms with Crippen molar-refractivity contribution in [1.82, 2.24) is 15.2 Å². The van der Waals surface area contributed by atoms with Crippen LogP contribution in [0.2, 0.25) is 0 Å². The van der Waals surface area contributed by atoms with Crippen molar-refractivity contribution < 1.29 is 19.1 Å². The number of nitrogens with one attached hydrogen (secondary N) is 2. The van der Waals surface area contributed by atoms with Gasteiger partial charge in [-0.25, -0.2) is 4.79 Å². The molecule has 7 nitrogen and oxygen atoms in total. The van der Waals surface area contributed by atoms with E-state index in [9.17, 15) is 14.4 Å². The second-order valence-electron chi connectivity index (χ2n) is 8.14. The van der Waals surface area contributed by atoms with Gasteiger partial charge in [-0.05, 0) is 60.2 Å². The van der Waals surface area contributed by atoms with E-state index >= 15 is 0 Å². The van der Waals surface area contributed by atoms with E-state index in [-0.39, 0.29) is 30.2 Å². The highest BCUT2D eigenvalue weighted by molar-refractivity contribution is 5.97. The molecule has 7 heteroatoms. The maximum atomic E-state index is 13.2. The van der Waals surface area contributed by atoms with Crippen LogP contribution in [0.3, 0.4) is 0 Å². The number of benzene rings is 2. The number of ether oxygens (including phenoxy) is 1. The first-order valence-electron chi connectivity index (χ1n) is 11.0. The van der Waals surface area contributed by atoms with E-state index in [0.717, 1.165) is 34.9 Å². The van der Waals surface area contributed by atoms with Gasteiger partial charge in [0, 0.05) is 42.3 Å².